The molecule has 3 nitrogen and oxygen atoms in total. The molecule has 1 saturated heterocycles. The average Bonchev–Trinajstić information content (AvgIpc) is 3.11. The maximum Gasteiger partial charge on any atom is 0.563 e. The first-order valence-electron chi connectivity index (χ1n) is 13.4. The van der Waals surface area contributed by atoms with Gasteiger partial charge in [0.1, 0.15) is 5.60 Å². The molecule has 1 aliphatic rings. The molecule has 35 heavy (non-hydrogen) atoms. The monoisotopic (exact) mass is 476 g/mol. The van der Waals surface area contributed by atoms with E-state index in [1.807, 2.05) is 13.8 Å². The summed E-state index contributed by atoms with van der Waals surface area (Å²) in [5, 5.41) is 10.7. The molecule has 0 spiro atoms. The highest BCUT2D eigenvalue weighted by molar-refractivity contribution is 6.62. The predicted octanol–water partition coefficient (Wildman–Crippen LogP) is 6.93. The van der Waals surface area contributed by atoms with E-state index in [-0.39, 0.29) is 5.41 Å². The summed E-state index contributed by atoms with van der Waals surface area (Å²) >= 11 is 0. The molecule has 3 rings (SSSR count). The van der Waals surface area contributed by atoms with Gasteiger partial charge in [0.2, 0.25) is 0 Å². The lowest BCUT2D eigenvalue weighted by Gasteiger charge is -2.34. The summed E-state index contributed by atoms with van der Waals surface area (Å²) in [5.41, 5.74) is 6.48. The van der Waals surface area contributed by atoms with Crippen LogP contribution in [0.4, 0.5) is 0 Å². The Morgan fingerprint density at radius 3 is 1.91 bits per heavy atom. The zero-order valence-corrected chi connectivity index (χ0v) is 23.3. The number of aryl methyl sites for hydroxylation is 3. The number of rotatable bonds is 10. The Hall–Kier alpha value is -2.04. The van der Waals surface area contributed by atoms with E-state index in [1.54, 1.807) is 0 Å². The zero-order chi connectivity index (χ0) is 26.0. The van der Waals surface area contributed by atoms with Gasteiger partial charge in [-0.05, 0) is 99.5 Å². The summed E-state index contributed by atoms with van der Waals surface area (Å²) in [7, 11) is -0.407. The molecule has 0 amide bonds. The topological polar surface area (TPSA) is 38.7 Å². The van der Waals surface area contributed by atoms with E-state index < -0.39 is 18.3 Å². The highest BCUT2D eigenvalue weighted by Crippen LogP contribution is 2.40. The lowest BCUT2D eigenvalue weighted by molar-refractivity contribution is 0.0239. The molecule has 0 radical (unpaired) electrons. The third kappa shape index (κ3) is 5.39. The quantitative estimate of drug-likeness (QED) is 0.378. The van der Waals surface area contributed by atoms with Crippen LogP contribution in [0.2, 0.25) is 0 Å². The van der Waals surface area contributed by atoms with Gasteiger partial charge < -0.3 is 14.4 Å². The van der Waals surface area contributed by atoms with Crippen LogP contribution in [0.5, 0.6) is 0 Å². The second-order valence-corrected chi connectivity index (χ2v) is 10.9. The largest absolute Gasteiger partial charge is 0.563 e. The Kier molecular flexibility index (Phi) is 8.28. The second-order valence-electron chi connectivity index (χ2n) is 10.9. The van der Waals surface area contributed by atoms with Crippen LogP contribution in [0.15, 0.2) is 48.7 Å². The molecule has 1 fully saturated rings. The highest BCUT2D eigenvalue weighted by Gasteiger charge is 2.43. The normalized spacial score (nSPS) is 16.0. The van der Waals surface area contributed by atoms with Gasteiger partial charge in [-0.15, -0.1) is 0 Å². The Bertz CT molecular complexity index is 1050. The van der Waals surface area contributed by atoms with E-state index in [0.717, 1.165) is 44.0 Å². The van der Waals surface area contributed by atoms with Gasteiger partial charge in [-0.3, -0.25) is 0 Å². The van der Waals surface area contributed by atoms with Gasteiger partial charge in [-0.2, -0.15) is 0 Å². The molecule has 2 aromatic carbocycles. The Balaban J connectivity index is 1.91. The minimum Gasteiger partial charge on any atom is -0.534 e. The zero-order valence-electron chi connectivity index (χ0n) is 23.3. The van der Waals surface area contributed by atoms with Crippen LogP contribution in [0.25, 0.3) is 0 Å². The third-order valence-electron chi connectivity index (χ3n) is 8.68. The van der Waals surface area contributed by atoms with Gasteiger partial charge in [-0.1, -0.05) is 70.7 Å². The molecule has 0 unspecified atom stereocenters. The fourth-order valence-electron chi connectivity index (χ4n) is 5.47. The molecule has 1 N–H and O–H groups in total. The van der Waals surface area contributed by atoms with Gasteiger partial charge in [0.25, 0.3) is 0 Å². The summed E-state index contributed by atoms with van der Waals surface area (Å²) in [4.78, 5) is 0. The summed E-state index contributed by atoms with van der Waals surface area (Å²) < 4.78 is 12.1. The standard InChI is InChI=1S/C31H45BO3/c1-10-30(33,11-2)19-18-25-14-15-26(20-22(25)5)31(12-3,13-4)27-16-17-28(23(6)21-27)32-34-24(7)29(8,9)35-32/h14-17,20-21,33H,7,10-13,18-19H2,1-6,8-9H3. The maximum absolute atomic E-state index is 10.7. The number of benzene rings is 2. The highest BCUT2D eigenvalue weighted by atomic mass is 16.7. The molecule has 0 aliphatic carbocycles. The van der Waals surface area contributed by atoms with Gasteiger partial charge in [0.15, 0.2) is 0 Å². The molecule has 0 saturated carbocycles. The number of aliphatic hydroxyl groups is 1. The second kappa shape index (κ2) is 10.5. The average molecular weight is 477 g/mol. The van der Waals surface area contributed by atoms with Crippen molar-refractivity contribution in [3.63, 3.8) is 0 Å². The fraction of sp³-hybridized carbons (Fsp3) is 0.548. The van der Waals surface area contributed by atoms with Crippen LogP contribution in [0.3, 0.4) is 0 Å². The van der Waals surface area contributed by atoms with E-state index in [4.69, 9.17) is 9.31 Å². The Morgan fingerprint density at radius 2 is 1.46 bits per heavy atom. The Labute approximate surface area is 214 Å². The molecule has 1 aliphatic heterocycles. The van der Waals surface area contributed by atoms with E-state index in [9.17, 15) is 5.11 Å². The molecule has 4 heteroatoms. The minimum absolute atomic E-state index is 0.0551. The van der Waals surface area contributed by atoms with E-state index in [0.29, 0.717) is 5.76 Å². The SMILES string of the molecule is C=C1OB(c2ccc(C(CC)(CC)c3ccc(CCC(O)(CC)CC)c(C)c3)cc2C)OC1(C)C. The van der Waals surface area contributed by atoms with Crippen LogP contribution >= 0.6 is 0 Å². The lowest BCUT2D eigenvalue weighted by atomic mass is 9.67. The molecular formula is C31H45BO3. The summed E-state index contributed by atoms with van der Waals surface area (Å²) in [6.45, 7) is 21.1. The summed E-state index contributed by atoms with van der Waals surface area (Å²) in [5.74, 6) is 0.675. The smallest absolute Gasteiger partial charge is 0.534 e. The van der Waals surface area contributed by atoms with E-state index >= 15 is 0 Å². The first-order chi connectivity index (χ1) is 16.4. The van der Waals surface area contributed by atoms with Crippen LogP contribution in [0.1, 0.15) is 101 Å². The molecule has 190 valence electrons. The first kappa shape index (κ1) is 27.6. The Morgan fingerprint density at radius 1 is 0.886 bits per heavy atom. The van der Waals surface area contributed by atoms with E-state index in [1.165, 1.54) is 27.8 Å². The lowest BCUT2D eigenvalue weighted by Crippen LogP contribution is -2.37. The molecule has 0 aromatic heterocycles. The van der Waals surface area contributed by atoms with Crippen molar-refractivity contribution in [3.05, 3.63) is 76.6 Å². The van der Waals surface area contributed by atoms with Gasteiger partial charge in [-0.25, -0.2) is 0 Å². The predicted molar refractivity (Wildman–Crippen MR) is 148 cm³/mol. The fourth-order valence-corrected chi connectivity index (χ4v) is 5.47. The van der Waals surface area contributed by atoms with Crippen molar-refractivity contribution in [1.82, 2.24) is 0 Å². The number of hydrogen-bond donors (Lipinski definition) is 1. The number of hydrogen-bond acceptors (Lipinski definition) is 3. The van der Waals surface area contributed by atoms with Crippen molar-refractivity contribution < 1.29 is 14.4 Å². The van der Waals surface area contributed by atoms with Crippen LogP contribution < -0.4 is 5.46 Å². The van der Waals surface area contributed by atoms with Gasteiger partial charge in [0, 0.05) is 5.41 Å². The first-order valence-corrected chi connectivity index (χ1v) is 13.4. The van der Waals surface area contributed by atoms with Crippen molar-refractivity contribution in [2.45, 2.75) is 111 Å². The summed E-state index contributed by atoms with van der Waals surface area (Å²) in [6.07, 6.45) is 5.36. The van der Waals surface area contributed by atoms with Crippen molar-refractivity contribution in [3.8, 4) is 0 Å². The van der Waals surface area contributed by atoms with Gasteiger partial charge >= 0.3 is 7.12 Å². The third-order valence-corrected chi connectivity index (χ3v) is 8.68. The van der Waals surface area contributed by atoms with Crippen LogP contribution in [0, 0.1) is 13.8 Å². The van der Waals surface area contributed by atoms with Crippen LogP contribution in [-0.4, -0.2) is 23.4 Å². The maximum atomic E-state index is 10.7. The van der Waals surface area contributed by atoms with Crippen molar-refractivity contribution in [2.24, 2.45) is 0 Å². The molecule has 2 aromatic rings. The van der Waals surface area contributed by atoms with Crippen molar-refractivity contribution in [2.75, 3.05) is 0 Å². The molecule has 0 bridgehead atoms. The van der Waals surface area contributed by atoms with Crippen molar-refractivity contribution >= 4 is 12.6 Å². The van der Waals surface area contributed by atoms with Crippen molar-refractivity contribution in [1.29, 1.82) is 0 Å². The van der Waals surface area contributed by atoms with Gasteiger partial charge in [0.05, 0.1) is 11.4 Å². The van der Waals surface area contributed by atoms with Crippen LogP contribution in [-0.2, 0) is 21.1 Å². The van der Waals surface area contributed by atoms with E-state index in [2.05, 4.69) is 84.5 Å². The molecule has 0 atom stereocenters. The molecular weight excluding hydrogens is 431 g/mol. The molecule has 1 heterocycles. The minimum atomic E-state index is -0.560. The summed E-state index contributed by atoms with van der Waals surface area (Å²) in [6, 6.07) is 13.7.